The summed E-state index contributed by atoms with van der Waals surface area (Å²) in [6.07, 6.45) is -0.894. The van der Waals surface area contributed by atoms with Crippen molar-refractivity contribution < 1.29 is 32.3 Å². The van der Waals surface area contributed by atoms with Crippen molar-refractivity contribution >= 4 is 23.6 Å². The van der Waals surface area contributed by atoms with Crippen LogP contribution in [-0.4, -0.2) is 64.4 Å². The number of carbonyl (C=O) groups excluding carboxylic acids is 4. The summed E-state index contributed by atoms with van der Waals surface area (Å²) in [6.45, 7) is 8.73. The Hall–Kier alpha value is -3.18. The predicted molar refractivity (Wildman–Crippen MR) is 139 cm³/mol. The zero-order valence-electron chi connectivity index (χ0n) is 23.5. The zero-order valence-corrected chi connectivity index (χ0v) is 23.5. The van der Waals surface area contributed by atoms with Crippen LogP contribution in [-0.2, 0) is 32.0 Å². The third kappa shape index (κ3) is 5.81. The van der Waals surface area contributed by atoms with E-state index in [-0.39, 0.29) is 29.7 Å². The Balaban J connectivity index is 1.52. The van der Waals surface area contributed by atoms with Crippen LogP contribution in [0.5, 0.6) is 0 Å². The molecule has 4 amide bonds. The Morgan fingerprint density at radius 2 is 1.85 bits per heavy atom. The lowest BCUT2D eigenvalue weighted by atomic mass is 9.83. The maximum Gasteiger partial charge on any atom is 0.471 e. The number of alkyl halides is 3. The lowest BCUT2D eigenvalue weighted by Gasteiger charge is -2.38. The summed E-state index contributed by atoms with van der Waals surface area (Å²) < 4.78 is 39.2. The number of likely N-dealkylation sites (tertiary alicyclic amines) is 1. The molecule has 1 aliphatic heterocycles. The quantitative estimate of drug-likeness (QED) is 0.466. The fourth-order valence-corrected chi connectivity index (χ4v) is 6.50. The van der Waals surface area contributed by atoms with Gasteiger partial charge in [-0.15, -0.1) is 0 Å². The van der Waals surface area contributed by atoms with Gasteiger partial charge in [0.25, 0.3) is 0 Å². The highest BCUT2D eigenvalue weighted by atomic mass is 19.4. The van der Waals surface area contributed by atoms with Crippen molar-refractivity contribution in [3.8, 4) is 0 Å². The summed E-state index contributed by atoms with van der Waals surface area (Å²) in [4.78, 5) is 57.3. The Labute approximate surface area is 231 Å². The van der Waals surface area contributed by atoms with Gasteiger partial charge in [-0.05, 0) is 65.9 Å². The van der Waals surface area contributed by atoms with Crippen LogP contribution in [0.25, 0.3) is 0 Å². The second kappa shape index (κ2) is 10.3. The molecule has 12 heteroatoms. The third-order valence-electron chi connectivity index (χ3n) is 8.92. The number of aryl methyl sites for hydroxylation is 1. The van der Waals surface area contributed by atoms with Crippen LogP contribution in [0.4, 0.5) is 13.2 Å². The SMILES string of the molecule is CC(C)(C)C(NC(=O)C(F)(F)F)C(=O)N1C[C@H]2[C@@H]([C@H]1C(=O)NC(CC1CCc3cccnc3C1)C(N)=O)C2(C)C. The molecule has 3 aliphatic rings. The van der Waals surface area contributed by atoms with Crippen LogP contribution in [0, 0.1) is 28.6 Å². The molecule has 1 aromatic rings. The summed E-state index contributed by atoms with van der Waals surface area (Å²) in [6, 6.07) is 0.401. The van der Waals surface area contributed by atoms with Gasteiger partial charge in [0.05, 0.1) is 0 Å². The number of aromatic nitrogens is 1. The van der Waals surface area contributed by atoms with Gasteiger partial charge >= 0.3 is 12.1 Å². The average Bonchev–Trinajstić information content (AvgIpc) is 3.18. The number of halogens is 3. The number of nitrogens with two attached hydrogens (primary N) is 1. The number of hydrogen-bond donors (Lipinski definition) is 3. The number of primary amides is 1. The van der Waals surface area contributed by atoms with Gasteiger partial charge in [0.15, 0.2) is 0 Å². The molecule has 0 spiro atoms. The number of carbonyl (C=O) groups is 4. The van der Waals surface area contributed by atoms with Crippen LogP contribution in [0.3, 0.4) is 0 Å². The Kier molecular flexibility index (Phi) is 7.70. The molecule has 40 heavy (non-hydrogen) atoms. The maximum absolute atomic E-state index is 13.7. The standard InChI is InChI=1S/C28H38F3N5O4/c1-26(2,3)21(35-25(40)28(29,30)31)24(39)36-13-16-19(27(16,4)5)20(36)23(38)34-18(22(32)37)12-14-8-9-15-7-6-10-33-17(15)11-14/h6-7,10,14,16,18-21H,8-9,11-13H2,1-5H3,(H2,32,37)(H,34,38)(H,35,40)/t14?,16-,18?,19-,20-,21?/m0/s1. The molecule has 0 bridgehead atoms. The molecule has 6 atom stereocenters. The van der Waals surface area contributed by atoms with Gasteiger partial charge in [0.2, 0.25) is 17.7 Å². The van der Waals surface area contributed by atoms with Crippen LogP contribution in [0.1, 0.15) is 58.7 Å². The summed E-state index contributed by atoms with van der Waals surface area (Å²) in [5, 5.41) is 4.59. The topological polar surface area (TPSA) is 134 Å². The number of amides is 4. The van der Waals surface area contributed by atoms with Gasteiger partial charge in [-0.25, -0.2) is 0 Å². The molecule has 1 aromatic heterocycles. The summed E-state index contributed by atoms with van der Waals surface area (Å²) in [5.41, 5.74) is 6.46. The van der Waals surface area contributed by atoms with E-state index in [4.69, 9.17) is 5.73 Å². The van der Waals surface area contributed by atoms with E-state index in [1.54, 1.807) is 27.0 Å². The van der Waals surface area contributed by atoms with Crippen molar-refractivity contribution in [3.63, 3.8) is 0 Å². The molecule has 2 fully saturated rings. The number of hydrogen-bond acceptors (Lipinski definition) is 5. The van der Waals surface area contributed by atoms with Gasteiger partial charge in [0.1, 0.15) is 18.1 Å². The van der Waals surface area contributed by atoms with Crippen molar-refractivity contribution in [2.45, 2.75) is 84.6 Å². The minimum atomic E-state index is -5.17. The maximum atomic E-state index is 13.7. The smallest absolute Gasteiger partial charge is 0.368 e. The summed E-state index contributed by atoms with van der Waals surface area (Å²) >= 11 is 0. The van der Waals surface area contributed by atoms with E-state index in [0.717, 1.165) is 24.1 Å². The number of fused-ring (bicyclic) bond motifs is 2. The lowest BCUT2D eigenvalue weighted by Crippen LogP contribution is -2.61. The van der Waals surface area contributed by atoms with Crippen molar-refractivity contribution in [2.75, 3.05) is 6.54 Å². The van der Waals surface area contributed by atoms with Crippen LogP contribution >= 0.6 is 0 Å². The highest BCUT2D eigenvalue weighted by molar-refractivity contribution is 5.96. The fourth-order valence-electron chi connectivity index (χ4n) is 6.50. The zero-order chi connectivity index (χ0) is 29.8. The second-order valence-corrected chi connectivity index (χ2v) is 13.1. The molecule has 0 radical (unpaired) electrons. The number of pyridine rings is 1. The van der Waals surface area contributed by atoms with E-state index >= 15 is 0 Å². The molecule has 2 heterocycles. The Morgan fingerprint density at radius 1 is 1.18 bits per heavy atom. The highest BCUT2D eigenvalue weighted by Gasteiger charge is 2.70. The molecule has 4 rings (SSSR count). The number of piperidine rings is 1. The summed E-state index contributed by atoms with van der Waals surface area (Å²) in [7, 11) is 0. The molecule has 2 aliphatic carbocycles. The van der Waals surface area contributed by atoms with Crippen molar-refractivity contribution in [1.29, 1.82) is 0 Å². The van der Waals surface area contributed by atoms with E-state index in [2.05, 4.69) is 10.3 Å². The fraction of sp³-hybridized carbons (Fsp3) is 0.679. The first-order valence-electron chi connectivity index (χ1n) is 13.6. The van der Waals surface area contributed by atoms with E-state index < -0.39 is 53.3 Å². The molecule has 1 saturated heterocycles. The van der Waals surface area contributed by atoms with E-state index in [9.17, 15) is 32.3 Å². The highest BCUT2D eigenvalue weighted by Crippen LogP contribution is 2.65. The van der Waals surface area contributed by atoms with Gasteiger partial charge in [-0.3, -0.25) is 24.2 Å². The molecule has 1 saturated carbocycles. The summed E-state index contributed by atoms with van der Waals surface area (Å²) in [5.74, 6) is -4.47. The first-order valence-corrected chi connectivity index (χ1v) is 13.6. The van der Waals surface area contributed by atoms with Gasteiger partial charge < -0.3 is 21.3 Å². The van der Waals surface area contributed by atoms with E-state index in [0.29, 0.717) is 12.8 Å². The number of nitrogens with one attached hydrogen (secondary N) is 2. The van der Waals surface area contributed by atoms with Gasteiger partial charge in [-0.1, -0.05) is 40.7 Å². The molecule has 9 nitrogen and oxygen atoms in total. The first kappa shape index (κ1) is 29.8. The molecule has 4 N–H and O–H groups in total. The Bertz CT molecular complexity index is 1200. The van der Waals surface area contributed by atoms with Gasteiger partial charge in [0, 0.05) is 18.4 Å². The third-order valence-corrected chi connectivity index (χ3v) is 8.92. The van der Waals surface area contributed by atoms with Crippen LogP contribution < -0.4 is 16.4 Å². The van der Waals surface area contributed by atoms with E-state index in [1.807, 2.05) is 31.3 Å². The molecule has 3 unspecified atom stereocenters. The molecule has 220 valence electrons. The molecular formula is C28H38F3N5O4. The van der Waals surface area contributed by atoms with E-state index in [1.165, 1.54) is 4.90 Å². The largest absolute Gasteiger partial charge is 0.471 e. The van der Waals surface area contributed by atoms with Crippen molar-refractivity contribution in [1.82, 2.24) is 20.5 Å². The average molecular weight is 566 g/mol. The molecular weight excluding hydrogens is 527 g/mol. The predicted octanol–water partition coefficient (Wildman–Crippen LogP) is 2.12. The normalized spacial score (nSPS) is 26.6. The lowest BCUT2D eigenvalue weighted by molar-refractivity contribution is -0.176. The first-order chi connectivity index (χ1) is 18.4. The Morgan fingerprint density at radius 3 is 2.45 bits per heavy atom. The minimum absolute atomic E-state index is 0.0425. The van der Waals surface area contributed by atoms with Crippen LogP contribution in [0.2, 0.25) is 0 Å². The van der Waals surface area contributed by atoms with Crippen LogP contribution in [0.15, 0.2) is 18.3 Å². The second-order valence-electron chi connectivity index (χ2n) is 13.1. The van der Waals surface area contributed by atoms with Crippen molar-refractivity contribution in [3.05, 3.63) is 29.6 Å². The molecule has 0 aromatic carbocycles. The van der Waals surface area contributed by atoms with Crippen molar-refractivity contribution in [2.24, 2.45) is 34.3 Å². The monoisotopic (exact) mass is 565 g/mol. The minimum Gasteiger partial charge on any atom is -0.368 e. The number of rotatable bonds is 7. The number of nitrogens with zero attached hydrogens (tertiary/aromatic N) is 2. The van der Waals surface area contributed by atoms with Gasteiger partial charge in [-0.2, -0.15) is 13.2 Å².